The van der Waals surface area contributed by atoms with Gasteiger partial charge >= 0.3 is 5.97 Å². The number of halogens is 1. The van der Waals surface area contributed by atoms with Crippen molar-refractivity contribution in [2.75, 3.05) is 17.7 Å². The second-order valence-corrected chi connectivity index (χ2v) is 8.51. The van der Waals surface area contributed by atoms with Crippen LogP contribution in [0.4, 0.5) is 11.6 Å². The van der Waals surface area contributed by atoms with Crippen molar-refractivity contribution < 1.29 is 14.6 Å². The number of carboxylic acid groups (broad SMARTS) is 1. The van der Waals surface area contributed by atoms with E-state index in [4.69, 9.17) is 27.1 Å². The highest BCUT2D eigenvalue weighted by Crippen LogP contribution is 2.35. The number of anilines is 2. The molecule has 10 heteroatoms. The van der Waals surface area contributed by atoms with E-state index >= 15 is 0 Å². The van der Waals surface area contributed by atoms with Gasteiger partial charge in [-0.1, -0.05) is 17.7 Å². The summed E-state index contributed by atoms with van der Waals surface area (Å²) in [5, 5.41) is 9.98. The van der Waals surface area contributed by atoms with Crippen LogP contribution in [-0.2, 0) is 13.1 Å². The Morgan fingerprint density at radius 1 is 1.21 bits per heavy atom. The van der Waals surface area contributed by atoms with Crippen molar-refractivity contribution >= 4 is 40.2 Å². The minimum atomic E-state index is -1.34. The number of hydrogen-bond donors (Lipinski definition) is 2. The third kappa shape index (κ3) is 3.50. The Bertz CT molecular complexity index is 1550. The van der Waals surface area contributed by atoms with Crippen molar-refractivity contribution in [3.63, 3.8) is 0 Å². The number of hydrogen-bond acceptors (Lipinski definition) is 7. The molecule has 9 nitrogen and oxygen atoms in total. The fourth-order valence-corrected chi connectivity index (χ4v) is 4.51. The zero-order valence-electron chi connectivity index (χ0n) is 18.4. The van der Waals surface area contributed by atoms with Gasteiger partial charge < -0.3 is 20.5 Å². The smallest absolute Gasteiger partial charge is 0.341 e. The van der Waals surface area contributed by atoms with E-state index in [0.29, 0.717) is 30.4 Å². The van der Waals surface area contributed by atoms with Gasteiger partial charge in [-0.05, 0) is 47.9 Å². The van der Waals surface area contributed by atoms with Gasteiger partial charge in [0, 0.05) is 19.3 Å². The van der Waals surface area contributed by atoms with Crippen molar-refractivity contribution in [3.8, 4) is 11.4 Å². The van der Waals surface area contributed by atoms with Crippen molar-refractivity contribution in [1.82, 2.24) is 14.5 Å². The molecule has 4 heterocycles. The van der Waals surface area contributed by atoms with E-state index < -0.39 is 17.0 Å². The SMILES string of the molecule is COc1ccc2c(c1)CN(c1nc3c(cc1Cl)c(=O)c(C(=O)O)cn3-c1cnc(N)cc1C)C2. The van der Waals surface area contributed by atoms with E-state index in [0.717, 1.165) is 22.4 Å². The standard InChI is InChI=1S/C24H20ClN5O4/c1-12-5-20(26)27-8-19(12)30-11-17(24(32)33)21(31)16-7-18(25)23(28-22(16)30)29-9-13-3-4-15(34-2)6-14(13)10-29/h3-8,11H,9-10H2,1-2H3,(H2,26,27)(H,32,33). The topological polar surface area (TPSA) is 124 Å². The zero-order valence-corrected chi connectivity index (χ0v) is 19.1. The Morgan fingerprint density at radius 3 is 2.68 bits per heavy atom. The summed E-state index contributed by atoms with van der Waals surface area (Å²) in [6.45, 7) is 2.96. The molecular formula is C24H20ClN5O4. The summed E-state index contributed by atoms with van der Waals surface area (Å²) < 4.78 is 6.88. The molecule has 172 valence electrons. The molecule has 3 N–H and O–H groups in total. The van der Waals surface area contributed by atoms with Crippen LogP contribution >= 0.6 is 11.6 Å². The molecule has 0 aliphatic carbocycles. The fraction of sp³-hybridized carbons (Fsp3) is 0.167. The number of nitrogen functional groups attached to an aromatic ring is 1. The Morgan fingerprint density at radius 2 is 1.97 bits per heavy atom. The summed E-state index contributed by atoms with van der Waals surface area (Å²) in [6.07, 6.45) is 2.79. The summed E-state index contributed by atoms with van der Waals surface area (Å²) in [7, 11) is 1.62. The van der Waals surface area contributed by atoms with Crippen molar-refractivity contribution in [3.05, 3.63) is 80.2 Å². The minimum Gasteiger partial charge on any atom is -0.497 e. The Labute approximate surface area is 199 Å². The number of methoxy groups -OCH3 is 1. The van der Waals surface area contributed by atoms with Gasteiger partial charge in [0.1, 0.15) is 17.1 Å². The van der Waals surface area contributed by atoms with Crippen LogP contribution in [-0.4, -0.2) is 32.7 Å². The lowest BCUT2D eigenvalue weighted by Gasteiger charge is -2.20. The number of nitrogens with two attached hydrogens (primary N) is 1. The maximum atomic E-state index is 13.0. The van der Waals surface area contributed by atoms with E-state index in [-0.39, 0.29) is 16.1 Å². The van der Waals surface area contributed by atoms with Crippen molar-refractivity contribution in [2.24, 2.45) is 0 Å². The molecule has 0 radical (unpaired) electrons. The summed E-state index contributed by atoms with van der Waals surface area (Å²) in [5.74, 6) is 0.235. The van der Waals surface area contributed by atoms with Crippen LogP contribution in [0.1, 0.15) is 27.0 Å². The third-order valence-electron chi connectivity index (χ3n) is 5.94. The lowest BCUT2D eigenvalue weighted by molar-refractivity contribution is 0.0695. The number of aryl methyl sites for hydroxylation is 1. The normalized spacial score (nSPS) is 12.7. The Kier molecular flexibility index (Phi) is 5.13. The lowest BCUT2D eigenvalue weighted by Crippen LogP contribution is -2.22. The van der Waals surface area contributed by atoms with E-state index in [2.05, 4.69) is 4.98 Å². The van der Waals surface area contributed by atoms with Crippen LogP contribution in [0.5, 0.6) is 5.75 Å². The number of aromatic nitrogens is 3. The van der Waals surface area contributed by atoms with Gasteiger partial charge in [0.05, 0.1) is 29.4 Å². The highest BCUT2D eigenvalue weighted by Gasteiger charge is 2.25. The predicted octanol–water partition coefficient (Wildman–Crippen LogP) is 3.55. The summed E-state index contributed by atoms with van der Waals surface area (Å²) in [4.78, 5) is 35.7. The quantitative estimate of drug-likeness (QED) is 0.457. The molecule has 3 aromatic heterocycles. The summed E-state index contributed by atoms with van der Waals surface area (Å²) in [6, 6.07) is 9.03. The van der Waals surface area contributed by atoms with Gasteiger partial charge in [0.2, 0.25) is 5.43 Å². The van der Waals surface area contributed by atoms with Crippen LogP contribution < -0.4 is 20.8 Å². The molecule has 0 saturated carbocycles. The number of rotatable bonds is 4. The molecule has 0 saturated heterocycles. The molecule has 1 aliphatic heterocycles. The molecule has 0 unspecified atom stereocenters. The van der Waals surface area contributed by atoms with Gasteiger partial charge in [-0.15, -0.1) is 0 Å². The van der Waals surface area contributed by atoms with E-state index in [1.165, 1.54) is 18.5 Å². The van der Waals surface area contributed by atoms with Gasteiger partial charge in [-0.2, -0.15) is 0 Å². The second kappa shape index (κ2) is 8.03. The number of ether oxygens (including phenoxy) is 1. The molecule has 0 fully saturated rings. The highest BCUT2D eigenvalue weighted by molar-refractivity contribution is 6.33. The first-order valence-corrected chi connectivity index (χ1v) is 10.8. The number of pyridine rings is 3. The first-order chi connectivity index (χ1) is 16.3. The first-order valence-electron chi connectivity index (χ1n) is 10.4. The van der Waals surface area contributed by atoms with Gasteiger partial charge in [-0.3, -0.25) is 9.36 Å². The van der Waals surface area contributed by atoms with Crippen LogP contribution in [0.3, 0.4) is 0 Å². The second-order valence-electron chi connectivity index (χ2n) is 8.10. The van der Waals surface area contributed by atoms with Crippen molar-refractivity contribution in [2.45, 2.75) is 20.0 Å². The number of benzene rings is 1. The molecule has 0 bridgehead atoms. The number of nitrogens with zero attached hydrogens (tertiary/aromatic N) is 4. The largest absolute Gasteiger partial charge is 0.497 e. The minimum absolute atomic E-state index is 0.100. The molecule has 34 heavy (non-hydrogen) atoms. The summed E-state index contributed by atoms with van der Waals surface area (Å²) in [5.41, 5.74) is 8.53. The van der Waals surface area contributed by atoms with Crippen molar-refractivity contribution in [1.29, 1.82) is 0 Å². The monoisotopic (exact) mass is 477 g/mol. The van der Waals surface area contributed by atoms with Gasteiger partial charge in [-0.25, -0.2) is 14.8 Å². The van der Waals surface area contributed by atoms with Gasteiger partial charge in [0.15, 0.2) is 11.5 Å². The number of carboxylic acids is 1. The molecule has 5 rings (SSSR count). The van der Waals surface area contributed by atoms with Crippen LogP contribution in [0.25, 0.3) is 16.7 Å². The number of fused-ring (bicyclic) bond motifs is 2. The molecule has 4 aromatic rings. The van der Waals surface area contributed by atoms with E-state index in [1.54, 1.807) is 17.7 Å². The summed E-state index contributed by atoms with van der Waals surface area (Å²) >= 11 is 6.59. The molecule has 0 atom stereocenters. The maximum Gasteiger partial charge on any atom is 0.341 e. The number of carbonyl (C=O) groups is 1. The van der Waals surface area contributed by atoms with E-state index in [9.17, 15) is 14.7 Å². The lowest BCUT2D eigenvalue weighted by atomic mass is 10.1. The maximum absolute atomic E-state index is 13.0. The molecule has 0 spiro atoms. The number of aromatic carboxylic acids is 1. The Balaban J connectivity index is 1.72. The molecular weight excluding hydrogens is 458 g/mol. The Hall–Kier alpha value is -4.11. The molecule has 1 aromatic carbocycles. The molecule has 0 amide bonds. The highest BCUT2D eigenvalue weighted by atomic mass is 35.5. The molecule has 1 aliphatic rings. The van der Waals surface area contributed by atoms with Crippen LogP contribution in [0, 0.1) is 6.92 Å². The average Bonchev–Trinajstić information content (AvgIpc) is 3.22. The van der Waals surface area contributed by atoms with Crippen LogP contribution in [0.2, 0.25) is 5.02 Å². The van der Waals surface area contributed by atoms with E-state index in [1.807, 2.05) is 30.0 Å². The third-order valence-corrected chi connectivity index (χ3v) is 6.22. The fourth-order valence-electron chi connectivity index (χ4n) is 4.24. The first kappa shape index (κ1) is 21.7. The zero-order chi connectivity index (χ0) is 24.1. The van der Waals surface area contributed by atoms with Crippen LogP contribution in [0.15, 0.2) is 47.5 Å². The predicted molar refractivity (Wildman–Crippen MR) is 129 cm³/mol. The average molecular weight is 478 g/mol. The van der Waals surface area contributed by atoms with Gasteiger partial charge in [0.25, 0.3) is 0 Å².